The highest BCUT2D eigenvalue weighted by Crippen LogP contribution is 2.15. The number of aryl methyl sites for hydroxylation is 1. The van der Waals surface area contributed by atoms with E-state index in [2.05, 4.69) is 0 Å². The van der Waals surface area contributed by atoms with Crippen LogP contribution in [0.15, 0.2) is 24.3 Å². The molecule has 3 nitrogen and oxygen atoms in total. The van der Waals surface area contributed by atoms with Gasteiger partial charge < -0.3 is 10.5 Å². The summed E-state index contributed by atoms with van der Waals surface area (Å²) in [6.45, 7) is 3.64. The number of Topliss-reactive ketones (excluding diaryl/α,β-unsaturated/α-hetero) is 1. The molecule has 0 amide bonds. The minimum atomic E-state index is -0.459. The van der Waals surface area contributed by atoms with Gasteiger partial charge in [0.2, 0.25) is 0 Å². The third-order valence-corrected chi connectivity index (χ3v) is 1.97. The number of nitrogens with two attached hydrogens (primary N) is 1. The van der Waals surface area contributed by atoms with Crippen molar-refractivity contribution in [1.29, 1.82) is 0 Å². The van der Waals surface area contributed by atoms with Crippen molar-refractivity contribution in [2.75, 3.05) is 6.61 Å². The van der Waals surface area contributed by atoms with Crippen LogP contribution in [-0.2, 0) is 4.79 Å². The SMILES string of the molecule is Cc1ccccc1OCC(=O)C(C)N. The molecule has 0 aliphatic rings. The van der Waals surface area contributed by atoms with E-state index in [1.807, 2.05) is 31.2 Å². The fourth-order valence-corrected chi connectivity index (χ4v) is 0.999. The Morgan fingerprint density at radius 1 is 1.50 bits per heavy atom. The lowest BCUT2D eigenvalue weighted by Gasteiger charge is -2.09. The number of carbonyl (C=O) groups is 1. The molecule has 1 rings (SSSR count). The van der Waals surface area contributed by atoms with Crippen molar-refractivity contribution in [3.05, 3.63) is 29.8 Å². The highest BCUT2D eigenvalue weighted by atomic mass is 16.5. The Morgan fingerprint density at radius 2 is 2.14 bits per heavy atom. The highest BCUT2D eigenvalue weighted by Gasteiger charge is 2.08. The predicted octanol–water partition coefficient (Wildman–Crippen LogP) is 1.29. The van der Waals surface area contributed by atoms with Crippen LogP contribution in [0.3, 0.4) is 0 Å². The maximum atomic E-state index is 11.2. The van der Waals surface area contributed by atoms with Crippen LogP contribution in [0.25, 0.3) is 0 Å². The third kappa shape index (κ3) is 2.85. The topological polar surface area (TPSA) is 52.3 Å². The second kappa shape index (κ2) is 4.77. The summed E-state index contributed by atoms with van der Waals surface area (Å²) in [6.07, 6.45) is 0. The van der Waals surface area contributed by atoms with Gasteiger partial charge in [-0.3, -0.25) is 4.79 Å². The molecule has 0 aliphatic heterocycles. The maximum Gasteiger partial charge on any atom is 0.186 e. The Balaban J connectivity index is 2.54. The summed E-state index contributed by atoms with van der Waals surface area (Å²) in [6, 6.07) is 7.11. The number of ketones is 1. The smallest absolute Gasteiger partial charge is 0.186 e. The highest BCUT2D eigenvalue weighted by molar-refractivity contribution is 5.84. The molecule has 0 saturated carbocycles. The Bertz CT molecular complexity index is 321. The lowest BCUT2D eigenvalue weighted by molar-refractivity contribution is -0.121. The van der Waals surface area contributed by atoms with E-state index < -0.39 is 6.04 Å². The van der Waals surface area contributed by atoms with E-state index in [4.69, 9.17) is 10.5 Å². The van der Waals surface area contributed by atoms with Crippen LogP contribution < -0.4 is 10.5 Å². The first kappa shape index (κ1) is 10.7. The van der Waals surface area contributed by atoms with Crippen LogP contribution in [0.2, 0.25) is 0 Å². The standard InChI is InChI=1S/C11H15NO2/c1-8-5-3-4-6-11(8)14-7-10(13)9(2)12/h3-6,9H,7,12H2,1-2H3. The fraction of sp³-hybridized carbons (Fsp3) is 0.364. The Labute approximate surface area is 83.9 Å². The summed E-state index contributed by atoms with van der Waals surface area (Å²) in [5, 5.41) is 0. The Morgan fingerprint density at radius 3 is 2.71 bits per heavy atom. The molecule has 0 aliphatic carbocycles. The van der Waals surface area contributed by atoms with Gasteiger partial charge in [0.25, 0.3) is 0 Å². The summed E-state index contributed by atoms with van der Waals surface area (Å²) in [5.74, 6) is 0.648. The minimum Gasteiger partial charge on any atom is -0.485 e. The van der Waals surface area contributed by atoms with Crippen molar-refractivity contribution in [2.45, 2.75) is 19.9 Å². The lowest BCUT2D eigenvalue weighted by Crippen LogP contribution is -2.31. The van der Waals surface area contributed by atoms with E-state index in [1.165, 1.54) is 0 Å². The second-order valence-electron chi connectivity index (χ2n) is 3.31. The van der Waals surface area contributed by atoms with Crippen LogP contribution >= 0.6 is 0 Å². The first-order valence-electron chi connectivity index (χ1n) is 4.58. The van der Waals surface area contributed by atoms with Crippen molar-refractivity contribution < 1.29 is 9.53 Å². The van der Waals surface area contributed by atoms with Crippen LogP contribution in [-0.4, -0.2) is 18.4 Å². The van der Waals surface area contributed by atoms with Crippen molar-refractivity contribution in [3.8, 4) is 5.75 Å². The van der Waals surface area contributed by atoms with Crippen LogP contribution in [0.4, 0.5) is 0 Å². The monoisotopic (exact) mass is 193 g/mol. The zero-order valence-corrected chi connectivity index (χ0v) is 8.49. The predicted molar refractivity (Wildman–Crippen MR) is 55.3 cm³/mol. The van der Waals surface area contributed by atoms with E-state index in [0.717, 1.165) is 11.3 Å². The van der Waals surface area contributed by atoms with E-state index in [0.29, 0.717) is 0 Å². The van der Waals surface area contributed by atoms with Gasteiger partial charge in [0.1, 0.15) is 12.4 Å². The molecule has 0 spiro atoms. The zero-order chi connectivity index (χ0) is 10.6. The van der Waals surface area contributed by atoms with E-state index in [9.17, 15) is 4.79 Å². The third-order valence-electron chi connectivity index (χ3n) is 1.97. The Kier molecular flexibility index (Phi) is 3.65. The summed E-state index contributed by atoms with van der Waals surface area (Å²) in [7, 11) is 0. The summed E-state index contributed by atoms with van der Waals surface area (Å²) in [4.78, 5) is 11.2. The van der Waals surface area contributed by atoms with Crippen molar-refractivity contribution in [2.24, 2.45) is 5.73 Å². The molecule has 0 saturated heterocycles. The molecular weight excluding hydrogens is 178 g/mol. The van der Waals surface area contributed by atoms with Gasteiger partial charge in [-0.05, 0) is 25.5 Å². The number of benzene rings is 1. The lowest BCUT2D eigenvalue weighted by atomic mass is 10.2. The molecule has 0 heterocycles. The molecule has 1 unspecified atom stereocenters. The largest absolute Gasteiger partial charge is 0.485 e. The number of rotatable bonds is 4. The summed E-state index contributed by atoms with van der Waals surface area (Å²) < 4.78 is 5.33. The second-order valence-corrected chi connectivity index (χ2v) is 3.31. The van der Waals surface area contributed by atoms with Gasteiger partial charge in [-0.1, -0.05) is 18.2 Å². The maximum absolute atomic E-state index is 11.2. The molecular formula is C11H15NO2. The van der Waals surface area contributed by atoms with E-state index >= 15 is 0 Å². The minimum absolute atomic E-state index is 0.0442. The first-order valence-corrected chi connectivity index (χ1v) is 4.58. The van der Waals surface area contributed by atoms with Gasteiger partial charge in [-0.25, -0.2) is 0 Å². The van der Waals surface area contributed by atoms with Gasteiger partial charge in [0, 0.05) is 0 Å². The summed E-state index contributed by atoms with van der Waals surface area (Å²) in [5.41, 5.74) is 6.43. The quantitative estimate of drug-likeness (QED) is 0.784. The van der Waals surface area contributed by atoms with Gasteiger partial charge in [-0.2, -0.15) is 0 Å². The number of para-hydroxylation sites is 1. The number of hydrogen-bond donors (Lipinski definition) is 1. The Hall–Kier alpha value is -1.35. The molecule has 1 aromatic carbocycles. The molecule has 1 aromatic rings. The van der Waals surface area contributed by atoms with Gasteiger partial charge in [0.15, 0.2) is 5.78 Å². The van der Waals surface area contributed by atoms with Crippen molar-refractivity contribution in [1.82, 2.24) is 0 Å². The summed E-state index contributed by atoms with van der Waals surface area (Å²) >= 11 is 0. The molecule has 0 bridgehead atoms. The van der Waals surface area contributed by atoms with Gasteiger partial charge in [-0.15, -0.1) is 0 Å². The molecule has 2 N–H and O–H groups in total. The van der Waals surface area contributed by atoms with Crippen molar-refractivity contribution >= 4 is 5.78 Å². The van der Waals surface area contributed by atoms with Crippen molar-refractivity contribution in [3.63, 3.8) is 0 Å². The van der Waals surface area contributed by atoms with Crippen LogP contribution in [0, 0.1) is 6.92 Å². The normalized spacial score (nSPS) is 12.2. The average Bonchev–Trinajstić information content (AvgIpc) is 2.16. The number of hydrogen-bond acceptors (Lipinski definition) is 3. The molecule has 3 heteroatoms. The fourth-order valence-electron chi connectivity index (χ4n) is 0.999. The molecule has 0 radical (unpaired) electrons. The molecule has 14 heavy (non-hydrogen) atoms. The van der Waals surface area contributed by atoms with Gasteiger partial charge in [0.05, 0.1) is 6.04 Å². The number of ether oxygens (including phenoxy) is 1. The molecule has 76 valence electrons. The van der Waals surface area contributed by atoms with Crippen LogP contribution in [0.1, 0.15) is 12.5 Å². The van der Waals surface area contributed by atoms with Gasteiger partial charge >= 0.3 is 0 Å². The molecule has 1 atom stereocenters. The zero-order valence-electron chi connectivity index (χ0n) is 8.49. The molecule has 0 aromatic heterocycles. The average molecular weight is 193 g/mol. The van der Waals surface area contributed by atoms with E-state index in [1.54, 1.807) is 6.92 Å². The van der Waals surface area contributed by atoms with Crippen LogP contribution in [0.5, 0.6) is 5.75 Å². The first-order chi connectivity index (χ1) is 6.61. The number of carbonyl (C=O) groups excluding carboxylic acids is 1. The molecule has 0 fully saturated rings. The van der Waals surface area contributed by atoms with E-state index in [-0.39, 0.29) is 12.4 Å².